The summed E-state index contributed by atoms with van der Waals surface area (Å²) in [5.74, 6) is 1.25. The van der Waals surface area contributed by atoms with Crippen LogP contribution in [-0.4, -0.2) is 69.6 Å². The summed E-state index contributed by atoms with van der Waals surface area (Å²) in [7, 11) is 6.50. The van der Waals surface area contributed by atoms with Gasteiger partial charge >= 0.3 is 0 Å². The highest BCUT2D eigenvalue weighted by Gasteiger charge is 2.42. The van der Waals surface area contributed by atoms with Crippen molar-refractivity contribution in [2.45, 2.75) is 40.0 Å². The van der Waals surface area contributed by atoms with Gasteiger partial charge in [0.25, 0.3) is 0 Å². The van der Waals surface area contributed by atoms with Gasteiger partial charge in [0.1, 0.15) is 0 Å². The lowest BCUT2D eigenvalue weighted by molar-refractivity contribution is -0.135. The van der Waals surface area contributed by atoms with E-state index in [-0.39, 0.29) is 29.1 Å². The van der Waals surface area contributed by atoms with Crippen LogP contribution in [0.2, 0.25) is 0 Å². The molecule has 0 spiro atoms. The summed E-state index contributed by atoms with van der Waals surface area (Å²) in [6.07, 6.45) is 0.444. The predicted molar refractivity (Wildman–Crippen MR) is 116 cm³/mol. The van der Waals surface area contributed by atoms with Gasteiger partial charge in [0.2, 0.25) is 17.6 Å². The molecule has 0 aromatic heterocycles. The molecule has 0 N–H and O–H groups in total. The average Bonchev–Trinajstić information content (AvgIpc) is 3.15. The van der Waals surface area contributed by atoms with E-state index >= 15 is 0 Å². The third-order valence-corrected chi connectivity index (χ3v) is 5.64. The minimum absolute atomic E-state index is 0.0438. The number of hydrogen-bond acceptors (Lipinski definition) is 5. The molecule has 0 radical (unpaired) electrons. The summed E-state index contributed by atoms with van der Waals surface area (Å²) in [5.41, 5.74) is 0.792. The number of carbonyl (C=O) groups excluding carboxylic acids is 2. The molecule has 168 valence electrons. The molecule has 30 heavy (non-hydrogen) atoms. The van der Waals surface area contributed by atoms with Crippen LogP contribution in [0.5, 0.6) is 17.2 Å². The fourth-order valence-electron chi connectivity index (χ4n) is 3.92. The standard InChI is InChI=1S/C23H36N2O5/c1-9-24(5)22(27)17-14-25(20(26)12-23(2,3)4)13-16(17)15-10-18(28-6)21(30-8)19(11-15)29-7/h10-11,16-17H,9,12-14H2,1-8H3/t16-,17-/m0/s1. The molecule has 1 aromatic carbocycles. The highest BCUT2D eigenvalue weighted by Crippen LogP contribution is 2.43. The number of nitrogens with zero attached hydrogens (tertiary/aromatic N) is 2. The van der Waals surface area contributed by atoms with Crippen LogP contribution in [0, 0.1) is 11.3 Å². The van der Waals surface area contributed by atoms with Crippen LogP contribution in [0.3, 0.4) is 0 Å². The molecular formula is C23H36N2O5. The van der Waals surface area contributed by atoms with Gasteiger partial charge in [-0.05, 0) is 30.0 Å². The van der Waals surface area contributed by atoms with E-state index in [0.717, 1.165) is 5.56 Å². The minimum atomic E-state index is -0.318. The first-order chi connectivity index (χ1) is 14.1. The Hall–Kier alpha value is -2.44. The van der Waals surface area contributed by atoms with Crippen LogP contribution in [0.1, 0.15) is 45.6 Å². The maximum absolute atomic E-state index is 13.1. The number of hydrogen-bond donors (Lipinski definition) is 0. The van der Waals surface area contributed by atoms with E-state index in [1.807, 2.05) is 44.7 Å². The molecule has 1 heterocycles. The second kappa shape index (κ2) is 9.58. The first kappa shape index (κ1) is 23.8. The van der Waals surface area contributed by atoms with Crippen LogP contribution >= 0.6 is 0 Å². The monoisotopic (exact) mass is 420 g/mol. The number of benzene rings is 1. The second-order valence-electron chi connectivity index (χ2n) is 9.06. The lowest BCUT2D eigenvalue weighted by atomic mass is 9.87. The first-order valence-electron chi connectivity index (χ1n) is 10.4. The zero-order valence-electron chi connectivity index (χ0n) is 19.6. The molecule has 1 fully saturated rings. The molecule has 1 aromatic rings. The SMILES string of the molecule is CCN(C)C(=O)[C@H]1CN(C(=O)CC(C)(C)C)C[C@H]1c1cc(OC)c(OC)c(OC)c1. The fourth-order valence-corrected chi connectivity index (χ4v) is 3.92. The molecule has 7 nitrogen and oxygen atoms in total. The van der Waals surface area contributed by atoms with Crippen LogP contribution in [-0.2, 0) is 9.59 Å². The van der Waals surface area contributed by atoms with E-state index in [1.54, 1.807) is 33.3 Å². The summed E-state index contributed by atoms with van der Waals surface area (Å²) in [6.45, 7) is 9.61. The van der Waals surface area contributed by atoms with Gasteiger partial charge in [-0.3, -0.25) is 9.59 Å². The Morgan fingerprint density at radius 2 is 1.63 bits per heavy atom. The lowest BCUT2D eigenvalue weighted by Crippen LogP contribution is -2.37. The number of likely N-dealkylation sites (tertiary alicyclic amines) is 1. The van der Waals surface area contributed by atoms with Crippen LogP contribution in [0.25, 0.3) is 0 Å². The van der Waals surface area contributed by atoms with Gasteiger partial charge in [-0.1, -0.05) is 20.8 Å². The van der Waals surface area contributed by atoms with Crippen molar-refractivity contribution < 1.29 is 23.8 Å². The zero-order chi connectivity index (χ0) is 22.6. The third kappa shape index (κ3) is 5.18. The van der Waals surface area contributed by atoms with Crippen molar-refractivity contribution in [2.24, 2.45) is 11.3 Å². The Kier molecular flexibility index (Phi) is 7.61. The van der Waals surface area contributed by atoms with Crippen molar-refractivity contribution in [1.82, 2.24) is 9.80 Å². The van der Waals surface area contributed by atoms with E-state index in [2.05, 4.69) is 0 Å². The summed E-state index contributed by atoms with van der Waals surface area (Å²) < 4.78 is 16.4. The van der Waals surface area contributed by atoms with Crippen molar-refractivity contribution in [3.05, 3.63) is 17.7 Å². The maximum Gasteiger partial charge on any atom is 0.227 e. The molecule has 0 aliphatic carbocycles. The number of amides is 2. The van der Waals surface area contributed by atoms with E-state index < -0.39 is 0 Å². The highest BCUT2D eigenvalue weighted by molar-refractivity contribution is 5.83. The molecule has 1 aliphatic rings. The number of methoxy groups -OCH3 is 3. The molecule has 2 amide bonds. The second-order valence-corrected chi connectivity index (χ2v) is 9.06. The Balaban J connectivity index is 2.45. The quantitative estimate of drug-likeness (QED) is 0.678. The fraction of sp³-hybridized carbons (Fsp3) is 0.652. The van der Waals surface area contributed by atoms with E-state index in [0.29, 0.717) is 43.3 Å². The summed E-state index contributed by atoms with van der Waals surface area (Å²) >= 11 is 0. The molecule has 7 heteroatoms. The number of ether oxygens (including phenoxy) is 3. The molecular weight excluding hydrogens is 384 g/mol. The predicted octanol–water partition coefficient (Wildman–Crippen LogP) is 3.17. The summed E-state index contributed by atoms with van der Waals surface area (Å²) in [6, 6.07) is 3.77. The summed E-state index contributed by atoms with van der Waals surface area (Å²) in [4.78, 5) is 29.6. The lowest BCUT2D eigenvalue weighted by Gasteiger charge is -2.24. The molecule has 2 atom stereocenters. The van der Waals surface area contributed by atoms with Crippen LogP contribution in [0.15, 0.2) is 12.1 Å². The van der Waals surface area contributed by atoms with Gasteiger partial charge in [0, 0.05) is 39.0 Å². The van der Waals surface area contributed by atoms with Gasteiger partial charge in [-0.25, -0.2) is 0 Å². The van der Waals surface area contributed by atoms with Crippen molar-refractivity contribution in [2.75, 3.05) is 48.0 Å². The molecule has 2 rings (SSSR count). The molecule has 0 saturated carbocycles. The van der Waals surface area contributed by atoms with Gasteiger partial charge < -0.3 is 24.0 Å². The topological polar surface area (TPSA) is 68.3 Å². The van der Waals surface area contributed by atoms with E-state index in [1.165, 1.54) is 0 Å². The van der Waals surface area contributed by atoms with Crippen molar-refractivity contribution in [1.29, 1.82) is 0 Å². The minimum Gasteiger partial charge on any atom is -0.493 e. The average molecular weight is 421 g/mol. The van der Waals surface area contributed by atoms with Gasteiger partial charge in [0.05, 0.1) is 27.2 Å². The number of rotatable bonds is 7. The van der Waals surface area contributed by atoms with Crippen LogP contribution in [0.4, 0.5) is 0 Å². The van der Waals surface area contributed by atoms with Crippen molar-refractivity contribution >= 4 is 11.8 Å². The molecule has 0 bridgehead atoms. The largest absolute Gasteiger partial charge is 0.493 e. The summed E-state index contributed by atoms with van der Waals surface area (Å²) in [5, 5.41) is 0. The van der Waals surface area contributed by atoms with Crippen molar-refractivity contribution in [3.8, 4) is 17.2 Å². The third-order valence-electron chi connectivity index (χ3n) is 5.64. The highest BCUT2D eigenvalue weighted by atomic mass is 16.5. The Labute approximate surface area is 180 Å². The number of carbonyl (C=O) groups is 2. The molecule has 0 unspecified atom stereocenters. The Morgan fingerprint density at radius 1 is 1.07 bits per heavy atom. The van der Waals surface area contributed by atoms with Crippen molar-refractivity contribution in [3.63, 3.8) is 0 Å². The normalized spacial score (nSPS) is 18.9. The first-order valence-corrected chi connectivity index (χ1v) is 10.4. The smallest absolute Gasteiger partial charge is 0.227 e. The Morgan fingerprint density at radius 3 is 2.07 bits per heavy atom. The zero-order valence-corrected chi connectivity index (χ0v) is 19.6. The van der Waals surface area contributed by atoms with E-state index in [4.69, 9.17) is 14.2 Å². The Bertz CT molecular complexity index is 746. The van der Waals surface area contributed by atoms with Gasteiger partial charge in [-0.2, -0.15) is 0 Å². The molecule has 1 saturated heterocycles. The van der Waals surface area contributed by atoms with E-state index in [9.17, 15) is 9.59 Å². The maximum atomic E-state index is 13.1. The van der Waals surface area contributed by atoms with Crippen LogP contribution < -0.4 is 14.2 Å². The van der Waals surface area contributed by atoms with Gasteiger partial charge in [0.15, 0.2) is 11.5 Å². The molecule has 1 aliphatic heterocycles. The van der Waals surface area contributed by atoms with Gasteiger partial charge in [-0.15, -0.1) is 0 Å².